The summed E-state index contributed by atoms with van der Waals surface area (Å²) in [5.74, 6) is 1.58. The number of allylic oxidation sites excluding steroid dienone is 1. The van der Waals surface area contributed by atoms with Crippen LogP contribution >= 0.6 is 0 Å². The first-order valence-electron chi connectivity index (χ1n) is 12.4. The van der Waals surface area contributed by atoms with Crippen LogP contribution < -0.4 is 15.0 Å². The summed E-state index contributed by atoms with van der Waals surface area (Å²) in [5, 5.41) is 7.44. The summed E-state index contributed by atoms with van der Waals surface area (Å²) in [5.41, 5.74) is 7.53. The van der Waals surface area contributed by atoms with Gasteiger partial charge in [-0.2, -0.15) is 4.98 Å². The highest BCUT2D eigenvalue weighted by atomic mass is 16.5. The maximum absolute atomic E-state index is 13.5. The molecule has 2 amide bonds. The third-order valence-corrected chi connectivity index (χ3v) is 6.96. The van der Waals surface area contributed by atoms with Crippen molar-refractivity contribution in [3.05, 3.63) is 101 Å². The second-order valence-electron chi connectivity index (χ2n) is 9.23. The highest BCUT2D eigenvalue weighted by Gasteiger charge is 2.36. The predicted octanol–water partition coefficient (Wildman–Crippen LogP) is 6.63. The Hall–Kier alpha value is -4.39. The third kappa shape index (κ3) is 4.60. The smallest absolute Gasteiger partial charge is 0.326 e. The minimum Gasteiger partial charge on any atom is -0.497 e. The molecule has 7 heteroatoms. The number of amides is 2. The van der Waals surface area contributed by atoms with Crippen molar-refractivity contribution >= 4 is 17.3 Å². The molecule has 0 bridgehead atoms. The van der Waals surface area contributed by atoms with Gasteiger partial charge in [0.15, 0.2) is 0 Å². The number of benzene rings is 3. The third-order valence-electron chi connectivity index (χ3n) is 6.96. The Morgan fingerprint density at radius 1 is 0.973 bits per heavy atom. The number of carbonyl (C=O) groups excluding carboxylic acids is 1. The van der Waals surface area contributed by atoms with Gasteiger partial charge in [0.25, 0.3) is 5.89 Å². The Balaban J connectivity index is 1.63. The number of hydrogen-bond donors (Lipinski definition) is 1. The van der Waals surface area contributed by atoms with E-state index in [9.17, 15) is 4.79 Å². The van der Waals surface area contributed by atoms with Crippen LogP contribution in [-0.4, -0.2) is 23.3 Å². The molecule has 1 atom stereocenters. The number of methoxy groups -OCH3 is 1. The van der Waals surface area contributed by atoms with E-state index in [0.717, 1.165) is 51.4 Å². The fourth-order valence-corrected chi connectivity index (χ4v) is 4.58. The molecule has 0 spiro atoms. The minimum absolute atomic E-state index is 0.205. The summed E-state index contributed by atoms with van der Waals surface area (Å²) in [6.07, 6.45) is 0.939. The van der Waals surface area contributed by atoms with E-state index in [4.69, 9.17) is 14.2 Å². The Labute approximate surface area is 216 Å². The van der Waals surface area contributed by atoms with E-state index in [2.05, 4.69) is 36.5 Å². The zero-order valence-corrected chi connectivity index (χ0v) is 21.7. The van der Waals surface area contributed by atoms with Crippen LogP contribution in [0.25, 0.3) is 17.0 Å². The zero-order chi connectivity index (χ0) is 26.1. The normalized spacial score (nSPS) is 15.6. The molecule has 1 aliphatic rings. The Bertz CT molecular complexity index is 1470. The van der Waals surface area contributed by atoms with Gasteiger partial charge < -0.3 is 14.6 Å². The lowest BCUT2D eigenvalue weighted by molar-refractivity contribution is 0.244. The monoisotopic (exact) mass is 494 g/mol. The van der Waals surface area contributed by atoms with Gasteiger partial charge in [-0.1, -0.05) is 42.4 Å². The summed E-state index contributed by atoms with van der Waals surface area (Å²) in [6.45, 7) is 8.14. The van der Waals surface area contributed by atoms with Gasteiger partial charge in [-0.25, -0.2) is 4.79 Å². The Morgan fingerprint density at radius 2 is 1.70 bits per heavy atom. The summed E-state index contributed by atoms with van der Waals surface area (Å²) in [7, 11) is 1.63. The molecule has 3 aromatic carbocycles. The first kappa shape index (κ1) is 24.3. The average molecular weight is 495 g/mol. The highest BCUT2D eigenvalue weighted by molar-refractivity contribution is 6.01. The lowest BCUT2D eigenvalue weighted by Gasteiger charge is -2.35. The molecule has 0 saturated heterocycles. The highest BCUT2D eigenvalue weighted by Crippen LogP contribution is 2.39. The maximum Gasteiger partial charge on any atom is 0.326 e. The van der Waals surface area contributed by atoms with Crippen LogP contribution in [0.1, 0.15) is 48.0 Å². The second-order valence-corrected chi connectivity index (χ2v) is 9.23. The van der Waals surface area contributed by atoms with Gasteiger partial charge in [-0.15, -0.1) is 0 Å². The lowest BCUT2D eigenvalue weighted by atomic mass is 9.93. The number of ether oxygens (including phenoxy) is 1. The van der Waals surface area contributed by atoms with E-state index in [0.29, 0.717) is 11.7 Å². The van der Waals surface area contributed by atoms with E-state index < -0.39 is 6.04 Å². The van der Waals surface area contributed by atoms with Crippen LogP contribution in [0.4, 0.5) is 10.5 Å². The maximum atomic E-state index is 13.5. The zero-order valence-electron chi connectivity index (χ0n) is 21.7. The average Bonchev–Trinajstić information content (AvgIpc) is 3.40. The van der Waals surface area contributed by atoms with E-state index >= 15 is 0 Å². The molecular weight excluding hydrogens is 464 g/mol. The molecule has 5 rings (SSSR count). The minimum atomic E-state index is -0.439. The number of aryl methyl sites for hydroxylation is 3. The first-order valence-corrected chi connectivity index (χ1v) is 12.4. The van der Waals surface area contributed by atoms with Crippen LogP contribution in [0, 0.1) is 13.8 Å². The van der Waals surface area contributed by atoms with Gasteiger partial charge in [0.05, 0.1) is 24.4 Å². The van der Waals surface area contributed by atoms with E-state index in [1.54, 1.807) is 12.0 Å². The van der Waals surface area contributed by atoms with Crippen LogP contribution in [0.2, 0.25) is 0 Å². The first-order chi connectivity index (χ1) is 17.9. The number of carbonyl (C=O) groups is 1. The molecule has 1 aromatic heterocycles. The predicted molar refractivity (Wildman–Crippen MR) is 144 cm³/mol. The van der Waals surface area contributed by atoms with Crippen molar-refractivity contribution in [2.24, 2.45) is 0 Å². The molecule has 188 valence electrons. The topological polar surface area (TPSA) is 80.5 Å². The fraction of sp³-hybridized carbons (Fsp3) is 0.233. The molecule has 2 heterocycles. The number of nitrogens with zero attached hydrogens (tertiary/aromatic N) is 3. The molecule has 1 N–H and O–H groups in total. The van der Waals surface area contributed by atoms with Crippen LogP contribution in [-0.2, 0) is 6.42 Å². The van der Waals surface area contributed by atoms with Gasteiger partial charge in [0, 0.05) is 11.3 Å². The number of hydrogen-bond acceptors (Lipinski definition) is 5. The largest absolute Gasteiger partial charge is 0.497 e. The number of nitrogens with one attached hydrogen (secondary N) is 1. The van der Waals surface area contributed by atoms with Gasteiger partial charge in [-0.3, -0.25) is 4.90 Å². The number of rotatable bonds is 6. The molecule has 1 unspecified atom stereocenters. The number of urea groups is 1. The van der Waals surface area contributed by atoms with E-state index in [-0.39, 0.29) is 6.03 Å². The van der Waals surface area contributed by atoms with Gasteiger partial charge in [-0.05, 0) is 85.8 Å². The Kier molecular flexibility index (Phi) is 6.53. The van der Waals surface area contributed by atoms with Gasteiger partial charge in [0.2, 0.25) is 5.82 Å². The van der Waals surface area contributed by atoms with Crippen molar-refractivity contribution in [2.75, 3.05) is 12.0 Å². The molecule has 0 radical (unpaired) electrons. The number of aromatic nitrogens is 2. The van der Waals surface area contributed by atoms with Gasteiger partial charge >= 0.3 is 6.03 Å². The Morgan fingerprint density at radius 3 is 2.35 bits per heavy atom. The summed E-state index contributed by atoms with van der Waals surface area (Å²) >= 11 is 0. The number of anilines is 1. The molecule has 7 nitrogen and oxygen atoms in total. The molecule has 0 saturated carbocycles. The standard InChI is InChI=1S/C30H30N4O3/c1-6-21-8-10-22(11-9-21)27-26(29-32-28(33-37-29)23-12-15-25(36-5)16-13-23)20(4)34(30(35)31-27)24-14-7-18(2)19(3)17-24/h7-17,27H,6H2,1-5H3,(H,31,35). The van der Waals surface area contributed by atoms with E-state index in [1.165, 1.54) is 5.56 Å². The molecule has 0 fully saturated rings. The molecular formula is C30H30N4O3. The quantitative estimate of drug-likeness (QED) is 0.326. The lowest BCUT2D eigenvalue weighted by Crippen LogP contribution is -2.46. The van der Waals surface area contributed by atoms with Crippen LogP contribution in [0.5, 0.6) is 5.75 Å². The summed E-state index contributed by atoms with van der Waals surface area (Å²) in [6, 6.07) is 21.1. The van der Waals surface area contributed by atoms with Crippen molar-refractivity contribution < 1.29 is 14.1 Å². The van der Waals surface area contributed by atoms with Crippen molar-refractivity contribution in [3.8, 4) is 17.1 Å². The summed E-state index contributed by atoms with van der Waals surface area (Å²) in [4.78, 5) is 19.9. The van der Waals surface area contributed by atoms with Crippen molar-refractivity contribution in [1.29, 1.82) is 0 Å². The van der Waals surface area contributed by atoms with Crippen LogP contribution in [0.15, 0.2) is 77.0 Å². The summed E-state index contributed by atoms with van der Waals surface area (Å²) < 4.78 is 11.1. The molecule has 0 aliphatic carbocycles. The van der Waals surface area contributed by atoms with Crippen molar-refractivity contribution in [1.82, 2.24) is 15.5 Å². The van der Waals surface area contributed by atoms with Gasteiger partial charge in [0.1, 0.15) is 5.75 Å². The van der Waals surface area contributed by atoms with E-state index in [1.807, 2.05) is 68.4 Å². The SMILES string of the molecule is CCc1ccc(C2NC(=O)N(c3ccc(C)c(C)c3)C(C)=C2c2nc(-c3ccc(OC)cc3)no2)cc1. The molecule has 37 heavy (non-hydrogen) atoms. The van der Waals surface area contributed by atoms with Crippen molar-refractivity contribution in [2.45, 2.75) is 40.2 Å². The molecule has 4 aromatic rings. The second kappa shape index (κ2) is 9.93. The van der Waals surface area contributed by atoms with Crippen molar-refractivity contribution in [3.63, 3.8) is 0 Å². The molecule has 1 aliphatic heterocycles. The fourth-order valence-electron chi connectivity index (χ4n) is 4.58. The van der Waals surface area contributed by atoms with Crippen LogP contribution in [0.3, 0.4) is 0 Å².